The first-order valence-corrected chi connectivity index (χ1v) is 7.14. The molecule has 0 heterocycles. The maximum absolute atomic E-state index is 12.3. The lowest BCUT2D eigenvalue weighted by atomic mass is 10.0. The van der Waals surface area contributed by atoms with Gasteiger partial charge in [0.05, 0.1) is 0 Å². The Kier molecular flexibility index (Phi) is 6.72. The summed E-state index contributed by atoms with van der Waals surface area (Å²) < 4.78 is 30.0. The Labute approximate surface area is 121 Å². The van der Waals surface area contributed by atoms with Crippen molar-refractivity contribution in [2.24, 2.45) is 5.92 Å². The molecule has 0 aliphatic carbocycles. The molecule has 0 spiro atoms. The van der Waals surface area contributed by atoms with Gasteiger partial charge in [0.2, 0.25) is 0 Å². The summed E-state index contributed by atoms with van der Waals surface area (Å²) in [7, 11) is 0. The minimum atomic E-state index is -2.80. The first-order chi connectivity index (χ1) is 8.88. The van der Waals surface area contributed by atoms with Crippen LogP contribution in [0.4, 0.5) is 8.78 Å². The fourth-order valence-electron chi connectivity index (χ4n) is 1.97. The first kappa shape index (κ1) is 16.4. The fraction of sp³-hybridized carbons (Fsp3) is 0.571. The van der Waals surface area contributed by atoms with Crippen molar-refractivity contribution in [2.75, 3.05) is 0 Å². The SMILES string of the molecule is CC(C)CC(C)NCc1cc(Br)ccc1OC(F)F. The van der Waals surface area contributed by atoms with Crippen LogP contribution in [0, 0.1) is 5.92 Å². The highest BCUT2D eigenvalue weighted by molar-refractivity contribution is 9.10. The molecule has 19 heavy (non-hydrogen) atoms. The highest BCUT2D eigenvalue weighted by Gasteiger charge is 2.11. The number of hydrogen-bond acceptors (Lipinski definition) is 2. The Morgan fingerprint density at radius 2 is 1.95 bits per heavy atom. The van der Waals surface area contributed by atoms with E-state index in [-0.39, 0.29) is 5.75 Å². The Morgan fingerprint density at radius 1 is 1.26 bits per heavy atom. The van der Waals surface area contributed by atoms with E-state index in [4.69, 9.17) is 0 Å². The highest BCUT2D eigenvalue weighted by Crippen LogP contribution is 2.25. The predicted molar refractivity (Wildman–Crippen MR) is 76.5 cm³/mol. The van der Waals surface area contributed by atoms with Crippen molar-refractivity contribution in [1.82, 2.24) is 5.32 Å². The third-order valence-corrected chi connectivity index (χ3v) is 3.20. The normalized spacial score (nSPS) is 13.1. The van der Waals surface area contributed by atoms with Crippen molar-refractivity contribution in [2.45, 2.75) is 46.4 Å². The summed E-state index contributed by atoms with van der Waals surface area (Å²) in [5, 5.41) is 3.33. The summed E-state index contributed by atoms with van der Waals surface area (Å²) in [4.78, 5) is 0. The van der Waals surface area contributed by atoms with E-state index >= 15 is 0 Å². The quantitative estimate of drug-likeness (QED) is 0.787. The first-order valence-electron chi connectivity index (χ1n) is 6.35. The van der Waals surface area contributed by atoms with Crippen LogP contribution >= 0.6 is 15.9 Å². The van der Waals surface area contributed by atoms with Crippen LogP contribution in [0.1, 0.15) is 32.8 Å². The number of nitrogens with one attached hydrogen (secondary N) is 1. The Hall–Kier alpha value is -0.680. The average molecular weight is 336 g/mol. The molecule has 0 fully saturated rings. The molecule has 1 atom stereocenters. The van der Waals surface area contributed by atoms with Crippen molar-refractivity contribution in [3.63, 3.8) is 0 Å². The van der Waals surface area contributed by atoms with E-state index in [0.717, 1.165) is 16.5 Å². The minimum Gasteiger partial charge on any atom is -0.434 e. The van der Waals surface area contributed by atoms with Gasteiger partial charge in [-0.05, 0) is 37.5 Å². The van der Waals surface area contributed by atoms with Crippen LogP contribution in [0.5, 0.6) is 5.75 Å². The van der Waals surface area contributed by atoms with Gasteiger partial charge in [0.1, 0.15) is 5.75 Å². The summed E-state index contributed by atoms with van der Waals surface area (Å²) >= 11 is 3.34. The second-order valence-electron chi connectivity index (χ2n) is 5.04. The van der Waals surface area contributed by atoms with E-state index in [1.54, 1.807) is 18.2 Å². The predicted octanol–water partition coefficient (Wildman–Crippen LogP) is 4.57. The fourth-order valence-corrected chi connectivity index (χ4v) is 2.38. The zero-order chi connectivity index (χ0) is 14.4. The molecule has 1 aromatic carbocycles. The van der Waals surface area contributed by atoms with Gasteiger partial charge in [0, 0.05) is 22.6 Å². The standard InChI is InChI=1S/C14H20BrF2NO/c1-9(2)6-10(3)18-8-11-7-12(15)4-5-13(11)19-14(16)17/h4-5,7,9-10,14,18H,6,8H2,1-3H3. The van der Waals surface area contributed by atoms with Gasteiger partial charge in [-0.3, -0.25) is 0 Å². The van der Waals surface area contributed by atoms with Gasteiger partial charge in [0.25, 0.3) is 0 Å². The van der Waals surface area contributed by atoms with Crippen LogP contribution in [0.3, 0.4) is 0 Å². The number of benzene rings is 1. The lowest BCUT2D eigenvalue weighted by Gasteiger charge is -2.17. The molecule has 0 saturated heterocycles. The van der Waals surface area contributed by atoms with Gasteiger partial charge in [-0.1, -0.05) is 29.8 Å². The van der Waals surface area contributed by atoms with E-state index in [1.165, 1.54) is 0 Å². The number of ether oxygens (including phenoxy) is 1. The van der Waals surface area contributed by atoms with Crippen molar-refractivity contribution in [1.29, 1.82) is 0 Å². The molecule has 1 unspecified atom stereocenters. The Balaban J connectivity index is 2.67. The number of rotatable bonds is 7. The summed E-state index contributed by atoms with van der Waals surface area (Å²) in [5.41, 5.74) is 0.727. The van der Waals surface area contributed by atoms with Gasteiger partial charge >= 0.3 is 6.61 Å². The lowest BCUT2D eigenvalue weighted by Crippen LogP contribution is -2.27. The van der Waals surface area contributed by atoms with Crippen molar-refractivity contribution in [3.8, 4) is 5.75 Å². The van der Waals surface area contributed by atoms with Crippen molar-refractivity contribution >= 4 is 15.9 Å². The summed E-state index contributed by atoms with van der Waals surface area (Å²) in [6.07, 6.45) is 1.04. The summed E-state index contributed by atoms with van der Waals surface area (Å²) in [6.45, 7) is 4.11. The summed E-state index contributed by atoms with van der Waals surface area (Å²) in [6, 6.07) is 5.38. The van der Waals surface area contributed by atoms with E-state index in [0.29, 0.717) is 18.5 Å². The molecular weight excluding hydrogens is 316 g/mol. The van der Waals surface area contributed by atoms with Gasteiger partial charge in [0.15, 0.2) is 0 Å². The molecule has 1 rings (SSSR count). The van der Waals surface area contributed by atoms with Gasteiger partial charge in [-0.2, -0.15) is 8.78 Å². The van der Waals surface area contributed by atoms with Crippen LogP contribution in [-0.4, -0.2) is 12.7 Å². The maximum atomic E-state index is 12.3. The molecule has 0 aromatic heterocycles. The van der Waals surface area contributed by atoms with Crippen LogP contribution in [0.25, 0.3) is 0 Å². The number of hydrogen-bond donors (Lipinski definition) is 1. The van der Waals surface area contributed by atoms with E-state index in [2.05, 4.69) is 46.8 Å². The third-order valence-electron chi connectivity index (χ3n) is 2.70. The van der Waals surface area contributed by atoms with E-state index < -0.39 is 6.61 Å². The molecule has 0 aliphatic rings. The molecule has 0 amide bonds. The maximum Gasteiger partial charge on any atom is 0.387 e. The largest absolute Gasteiger partial charge is 0.434 e. The van der Waals surface area contributed by atoms with Crippen molar-refractivity contribution in [3.05, 3.63) is 28.2 Å². The van der Waals surface area contributed by atoms with Crippen LogP contribution < -0.4 is 10.1 Å². The van der Waals surface area contributed by atoms with Gasteiger partial charge in [-0.15, -0.1) is 0 Å². The molecule has 0 radical (unpaired) electrons. The number of alkyl halides is 2. The zero-order valence-electron chi connectivity index (χ0n) is 11.4. The molecule has 2 nitrogen and oxygen atoms in total. The van der Waals surface area contributed by atoms with Gasteiger partial charge < -0.3 is 10.1 Å². The van der Waals surface area contributed by atoms with Crippen molar-refractivity contribution < 1.29 is 13.5 Å². The second kappa shape index (κ2) is 7.80. The smallest absolute Gasteiger partial charge is 0.387 e. The lowest BCUT2D eigenvalue weighted by molar-refractivity contribution is -0.0505. The molecule has 0 saturated carbocycles. The van der Waals surface area contributed by atoms with Crippen LogP contribution in [-0.2, 0) is 6.54 Å². The van der Waals surface area contributed by atoms with E-state index in [1.807, 2.05) is 0 Å². The molecule has 1 N–H and O–H groups in total. The second-order valence-corrected chi connectivity index (χ2v) is 5.96. The average Bonchev–Trinajstić information content (AvgIpc) is 2.28. The van der Waals surface area contributed by atoms with Crippen LogP contribution in [0.2, 0.25) is 0 Å². The number of halogens is 3. The topological polar surface area (TPSA) is 21.3 Å². The third kappa shape index (κ3) is 6.34. The summed E-state index contributed by atoms with van der Waals surface area (Å²) in [5.74, 6) is 0.823. The molecular formula is C14H20BrF2NO. The minimum absolute atomic E-state index is 0.224. The molecule has 1 aromatic rings. The zero-order valence-corrected chi connectivity index (χ0v) is 13.0. The van der Waals surface area contributed by atoms with Gasteiger partial charge in [-0.25, -0.2) is 0 Å². The molecule has 0 aliphatic heterocycles. The molecule has 0 bridgehead atoms. The highest BCUT2D eigenvalue weighted by atomic mass is 79.9. The van der Waals surface area contributed by atoms with E-state index in [9.17, 15) is 8.78 Å². The van der Waals surface area contributed by atoms with Crippen LogP contribution in [0.15, 0.2) is 22.7 Å². The Bertz CT molecular complexity index is 399. The Morgan fingerprint density at radius 3 is 2.53 bits per heavy atom. The monoisotopic (exact) mass is 335 g/mol. The molecule has 5 heteroatoms. The molecule has 108 valence electrons.